The molecule has 0 unspecified atom stereocenters. The number of aryl methyl sites for hydroxylation is 2. The Morgan fingerprint density at radius 1 is 0.128 bits per heavy atom. The summed E-state index contributed by atoms with van der Waals surface area (Å²) in [5.74, 6) is 0. The molecule has 0 N–H and O–H groups in total. The normalized spacial score (nSPS) is 11.9. The van der Waals surface area contributed by atoms with Gasteiger partial charge in [-0.15, -0.1) is 0 Å². The van der Waals surface area contributed by atoms with Crippen LogP contribution in [0.1, 0.15) is 11.1 Å². The summed E-state index contributed by atoms with van der Waals surface area (Å²) < 4.78 is 17.1. The minimum absolute atomic E-state index is 1.11. The van der Waals surface area contributed by atoms with Gasteiger partial charge in [0.05, 0.1) is 77.2 Å². The van der Waals surface area contributed by atoms with Gasteiger partial charge >= 0.3 is 0 Å². The Bertz CT molecular complexity index is 10200. The Morgan fingerprint density at radius 2 is 0.324 bits per heavy atom. The van der Waals surface area contributed by atoms with E-state index < -0.39 is 0 Å². The van der Waals surface area contributed by atoms with Crippen LogP contribution in [-0.4, -0.2) is 32.0 Å². The van der Waals surface area contributed by atoms with Crippen LogP contribution in [0.5, 0.6) is 0 Å². The van der Waals surface area contributed by atoms with Crippen molar-refractivity contribution < 1.29 is 0 Å². The predicted octanol–water partition coefficient (Wildman–Crippen LogP) is 37.5. The molecule has 8 heteroatoms. The molecule has 0 aliphatic heterocycles. The maximum Gasteiger partial charge on any atom is 0.0547 e. The fraction of sp³-hybridized carbons (Fsp3) is 0.0143. The summed E-state index contributed by atoms with van der Waals surface area (Å²) in [4.78, 5) is 2.34. The second kappa shape index (κ2) is 34.7. The lowest BCUT2D eigenvalue weighted by atomic mass is 9.95. The van der Waals surface area contributed by atoms with Gasteiger partial charge in [0.25, 0.3) is 0 Å². The Morgan fingerprint density at radius 3 is 0.601 bits per heavy atom. The largest absolute Gasteiger partial charge is 0.311 e. The van der Waals surface area contributed by atoms with Crippen molar-refractivity contribution in [1.29, 1.82) is 0 Å². The van der Waals surface area contributed by atoms with Crippen molar-refractivity contribution in [3.05, 3.63) is 545 Å². The number of rotatable bonds is 15. The van der Waals surface area contributed by atoms with Crippen LogP contribution < -0.4 is 4.90 Å². The number of anilines is 3. The SMILES string of the molecule is Cc1ccc(N(c2ccc(C)cc2)c2ccc(-n3c4ccccc4c4c(-c5cccc6c5c5ccccc5n6-c5ccc6c(c5)c5cc(-c7ccccc7)ccc5n6-c5ccccc5)cccc43)cc2)cc1.c1ccc(-c2ccc3c(c2)c2cc(-n4c5ccccc5c5c(-c6cccc7c6c6ccccc6n7-c6ccc7c(c6)c6cc(-c8ccccc8)ccc6n7-c6ccccc6)cccc54)ccc2n3-c2ccccc2)cc1. The van der Waals surface area contributed by atoms with E-state index in [0.29, 0.717) is 0 Å². The topological polar surface area (TPSA) is 37.8 Å². The molecular weight excluding hydrogens is 1790 g/mol. The van der Waals surface area contributed by atoms with Gasteiger partial charge in [0.1, 0.15) is 0 Å². The Balaban J connectivity index is 0.000000140. The first-order valence-corrected chi connectivity index (χ1v) is 51.0. The molecule has 23 aromatic carbocycles. The molecule has 0 spiro atoms. The lowest BCUT2D eigenvalue weighted by Crippen LogP contribution is -2.10. The zero-order valence-corrected chi connectivity index (χ0v) is 81.4. The monoisotopic (exact) mass is 1890 g/mol. The number of hydrogen-bond donors (Lipinski definition) is 0. The lowest BCUT2D eigenvalue weighted by molar-refractivity contribution is 1.16. The number of fused-ring (bicyclic) bond motifs is 21. The highest BCUT2D eigenvalue weighted by atomic mass is 15.1. The van der Waals surface area contributed by atoms with Crippen molar-refractivity contribution >= 4 is 170 Å². The molecule has 0 saturated heterocycles. The van der Waals surface area contributed by atoms with Gasteiger partial charge in [-0.3, -0.25) is 0 Å². The third kappa shape index (κ3) is 13.8. The van der Waals surface area contributed by atoms with Crippen LogP contribution >= 0.6 is 0 Å². The second-order valence-corrected chi connectivity index (χ2v) is 39.1. The van der Waals surface area contributed by atoms with E-state index in [-0.39, 0.29) is 0 Å². The minimum atomic E-state index is 1.11. The Kier molecular flexibility index (Phi) is 20.0. The van der Waals surface area contributed by atoms with E-state index in [4.69, 9.17) is 0 Å². The summed E-state index contributed by atoms with van der Waals surface area (Å²) in [6, 6.07) is 196. The van der Waals surface area contributed by atoms with Gasteiger partial charge in [-0.1, -0.05) is 321 Å². The Hall–Kier alpha value is -19.5. The quantitative estimate of drug-likeness (QED) is 0.101. The first kappa shape index (κ1) is 85.3. The van der Waals surface area contributed by atoms with Gasteiger partial charge in [-0.05, 0) is 294 Å². The number of benzene rings is 23. The number of aromatic nitrogens is 7. The van der Waals surface area contributed by atoms with Crippen molar-refractivity contribution in [2.75, 3.05) is 4.90 Å². The standard InChI is InChI=1S/C72H46N4.C68H48N4/c1-5-19-47(20-6-1)49-35-39-65-59(43-49)61-45-53(37-41-67(61)73(65)51-23-9-3-10-24-51)75-63-31-15-13-27-57(63)71-55(29-17-33-69(71)75)56-30-18-34-70-72(56)58-28-14-16-32-64(58)76(70)54-38-42-68-62(46-54)60-44-50(48-21-7-2-8-22-48)36-40-66(60)74(68)52-25-11-4-12-26-52;1-45-27-32-50(33-28-45)69(51-34-29-46(2)30-35-51)52-36-38-53(39-37-52)71-61-23-11-9-19-57(61)67-55(21-13-25-65(67)71)56-22-14-26-66-68(56)58-20-10-12-24-62(58)72(66)54-40-42-64-60(44-54)59-43-48(47-15-5-3-6-16-47)31-41-63(59)70(64)49-17-7-4-8-18-49/h1-46H;3-44H,1-2H3. The summed E-state index contributed by atoms with van der Waals surface area (Å²) >= 11 is 0. The fourth-order valence-electron chi connectivity index (χ4n) is 24.1. The van der Waals surface area contributed by atoms with E-state index >= 15 is 0 Å². The molecule has 0 aliphatic rings. The highest BCUT2D eigenvalue weighted by Crippen LogP contribution is 2.51. The first-order valence-electron chi connectivity index (χ1n) is 51.0. The van der Waals surface area contributed by atoms with Gasteiger partial charge in [-0.2, -0.15) is 0 Å². The lowest BCUT2D eigenvalue weighted by Gasteiger charge is -2.26. The summed E-state index contributed by atoms with van der Waals surface area (Å²) in [7, 11) is 0. The number of para-hydroxylation sites is 7. The van der Waals surface area contributed by atoms with Crippen LogP contribution in [0.25, 0.3) is 248 Å². The minimum Gasteiger partial charge on any atom is -0.311 e. The van der Waals surface area contributed by atoms with E-state index in [2.05, 4.69) is 585 Å². The Labute approximate surface area is 854 Å². The summed E-state index contributed by atoms with van der Waals surface area (Å²) in [5.41, 5.74) is 42.4. The average Bonchev–Trinajstić information content (AvgIpc) is 1.56. The second-order valence-electron chi connectivity index (χ2n) is 39.1. The van der Waals surface area contributed by atoms with E-state index in [1.807, 2.05) is 0 Å². The molecule has 0 atom stereocenters. The van der Waals surface area contributed by atoms with Gasteiger partial charge in [0, 0.05) is 132 Å². The van der Waals surface area contributed by atoms with Crippen molar-refractivity contribution in [1.82, 2.24) is 32.0 Å². The summed E-state index contributed by atoms with van der Waals surface area (Å²) in [6.07, 6.45) is 0. The van der Waals surface area contributed by atoms with Crippen molar-refractivity contribution in [3.63, 3.8) is 0 Å². The molecule has 0 aliphatic carbocycles. The van der Waals surface area contributed by atoms with E-state index in [1.54, 1.807) is 0 Å². The third-order valence-electron chi connectivity index (χ3n) is 30.7. The molecule has 0 fully saturated rings. The molecule has 30 rings (SSSR count). The molecule has 7 aromatic heterocycles. The van der Waals surface area contributed by atoms with E-state index in [1.165, 1.54) is 219 Å². The number of hydrogen-bond acceptors (Lipinski definition) is 1. The molecular formula is C140H94N8. The molecule has 148 heavy (non-hydrogen) atoms. The smallest absolute Gasteiger partial charge is 0.0547 e. The van der Waals surface area contributed by atoms with Crippen molar-refractivity contribution in [2.45, 2.75) is 13.8 Å². The van der Waals surface area contributed by atoms with Gasteiger partial charge in [0.15, 0.2) is 0 Å². The molecule has 7 heterocycles. The maximum atomic E-state index is 2.48. The van der Waals surface area contributed by atoms with Crippen molar-refractivity contribution in [2.24, 2.45) is 0 Å². The van der Waals surface area contributed by atoms with E-state index in [9.17, 15) is 0 Å². The molecule has 0 bridgehead atoms. The third-order valence-corrected chi connectivity index (χ3v) is 30.7. The summed E-state index contributed by atoms with van der Waals surface area (Å²) in [6.45, 7) is 4.28. The van der Waals surface area contributed by atoms with Crippen LogP contribution in [0.15, 0.2) is 534 Å². The molecule has 8 nitrogen and oxygen atoms in total. The van der Waals surface area contributed by atoms with Gasteiger partial charge in [-0.25, -0.2) is 0 Å². The number of nitrogens with zero attached hydrogens (tertiary/aromatic N) is 8. The molecule has 0 radical (unpaired) electrons. The predicted molar refractivity (Wildman–Crippen MR) is 625 cm³/mol. The molecule has 30 aromatic rings. The van der Waals surface area contributed by atoms with Gasteiger partial charge < -0.3 is 36.9 Å². The van der Waals surface area contributed by atoms with Crippen LogP contribution in [0.4, 0.5) is 17.1 Å². The van der Waals surface area contributed by atoms with Crippen LogP contribution in [0, 0.1) is 13.8 Å². The molecule has 0 amide bonds. The summed E-state index contributed by atoms with van der Waals surface area (Å²) in [5, 5.41) is 17.2. The van der Waals surface area contributed by atoms with Crippen LogP contribution in [0.3, 0.4) is 0 Å². The molecule has 694 valence electrons. The zero-order chi connectivity index (χ0) is 97.7. The maximum absolute atomic E-state index is 2.48. The fourth-order valence-corrected chi connectivity index (χ4v) is 24.1. The highest BCUT2D eigenvalue weighted by Gasteiger charge is 2.28. The highest BCUT2D eigenvalue weighted by molar-refractivity contribution is 6.26. The van der Waals surface area contributed by atoms with Crippen LogP contribution in [0.2, 0.25) is 0 Å². The zero-order valence-electron chi connectivity index (χ0n) is 81.4. The first-order chi connectivity index (χ1) is 73.3. The van der Waals surface area contributed by atoms with Gasteiger partial charge in [0.2, 0.25) is 0 Å². The van der Waals surface area contributed by atoms with E-state index in [0.717, 1.165) is 56.9 Å². The average molecular weight is 1890 g/mol. The molecule has 0 saturated carbocycles. The van der Waals surface area contributed by atoms with Crippen molar-refractivity contribution in [3.8, 4) is 95.4 Å². The van der Waals surface area contributed by atoms with Crippen LogP contribution in [-0.2, 0) is 0 Å².